The van der Waals surface area contributed by atoms with Crippen LogP contribution < -0.4 is 11.3 Å². The van der Waals surface area contributed by atoms with E-state index >= 15 is 0 Å². The molecule has 0 spiro atoms. The van der Waals surface area contributed by atoms with Crippen molar-refractivity contribution in [1.82, 2.24) is 5.43 Å². The monoisotopic (exact) mass is 195 g/mol. The molecule has 0 fully saturated rings. The van der Waals surface area contributed by atoms with E-state index in [1.165, 1.54) is 6.07 Å². The number of hydrogen-bond donors (Lipinski definition) is 2. The zero-order chi connectivity index (χ0) is 10.4. The van der Waals surface area contributed by atoms with Crippen molar-refractivity contribution in [2.75, 3.05) is 6.54 Å². The average molecular weight is 195 g/mol. The summed E-state index contributed by atoms with van der Waals surface area (Å²) in [5.74, 6) is 5.62. The van der Waals surface area contributed by atoms with Crippen molar-refractivity contribution < 1.29 is 4.39 Å². The summed E-state index contributed by atoms with van der Waals surface area (Å²) in [6.07, 6.45) is 0.400. The van der Waals surface area contributed by atoms with E-state index in [0.717, 1.165) is 0 Å². The minimum atomic E-state index is -0.230. The van der Waals surface area contributed by atoms with Gasteiger partial charge < -0.3 is 5.43 Å². The van der Waals surface area contributed by atoms with Gasteiger partial charge in [0.05, 0.1) is 0 Å². The third-order valence-electron chi connectivity index (χ3n) is 1.83. The van der Waals surface area contributed by atoms with Crippen molar-refractivity contribution in [2.45, 2.75) is 13.3 Å². The van der Waals surface area contributed by atoms with Crippen LogP contribution in [0, 0.1) is 5.82 Å². The molecule has 0 bridgehead atoms. The number of benzene rings is 1. The molecule has 0 aliphatic carbocycles. The Hall–Kier alpha value is -1.42. The fraction of sp³-hybridized carbons (Fsp3) is 0.300. The van der Waals surface area contributed by atoms with Crippen LogP contribution in [0.15, 0.2) is 29.3 Å². The van der Waals surface area contributed by atoms with Crippen LogP contribution in [0.2, 0.25) is 0 Å². The molecule has 14 heavy (non-hydrogen) atoms. The third-order valence-corrected chi connectivity index (χ3v) is 1.83. The second-order valence-corrected chi connectivity index (χ2v) is 2.83. The van der Waals surface area contributed by atoms with Crippen LogP contribution in [0.3, 0.4) is 0 Å². The number of nitrogens with two attached hydrogens (primary N) is 1. The molecule has 0 atom stereocenters. The van der Waals surface area contributed by atoms with Gasteiger partial charge in [0.2, 0.25) is 0 Å². The first-order valence-electron chi connectivity index (χ1n) is 4.51. The van der Waals surface area contributed by atoms with Crippen LogP contribution in [0.4, 0.5) is 4.39 Å². The summed E-state index contributed by atoms with van der Waals surface area (Å²) in [7, 11) is 0. The number of amidine groups is 1. The molecular formula is C10H14FN3. The molecule has 0 aliphatic rings. The number of rotatable bonds is 3. The lowest BCUT2D eigenvalue weighted by Crippen LogP contribution is -2.32. The zero-order valence-electron chi connectivity index (χ0n) is 8.13. The topological polar surface area (TPSA) is 50.4 Å². The predicted octanol–water partition coefficient (Wildman–Crippen LogP) is 1.25. The van der Waals surface area contributed by atoms with Gasteiger partial charge in [0, 0.05) is 13.0 Å². The lowest BCUT2D eigenvalue weighted by molar-refractivity contribution is 0.615. The molecule has 0 saturated heterocycles. The SMILES string of the molecule is CCN=C(Cc1ccccc1F)NN. The molecule has 0 saturated carbocycles. The Morgan fingerprint density at radius 3 is 2.79 bits per heavy atom. The van der Waals surface area contributed by atoms with Crippen LogP contribution >= 0.6 is 0 Å². The first kappa shape index (κ1) is 10.7. The average Bonchev–Trinajstić information content (AvgIpc) is 2.20. The maximum atomic E-state index is 13.2. The van der Waals surface area contributed by atoms with Gasteiger partial charge in [-0.3, -0.25) is 4.99 Å². The van der Waals surface area contributed by atoms with Crippen LogP contribution in [0.5, 0.6) is 0 Å². The minimum absolute atomic E-state index is 0.230. The summed E-state index contributed by atoms with van der Waals surface area (Å²) in [4.78, 5) is 4.09. The normalized spacial score (nSPS) is 11.5. The Morgan fingerprint density at radius 1 is 1.50 bits per heavy atom. The molecule has 0 radical (unpaired) electrons. The molecule has 76 valence electrons. The van der Waals surface area contributed by atoms with Crippen LogP contribution in [-0.2, 0) is 6.42 Å². The standard InChI is InChI=1S/C10H14FN3/c1-2-13-10(14-12)7-8-5-3-4-6-9(8)11/h3-6H,2,7,12H2,1H3,(H,13,14). The van der Waals surface area contributed by atoms with E-state index in [2.05, 4.69) is 10.4 Å². The van der Waals surface area contributed by atoms with Crippen molar-refractivity contribution >= 4 is 5.84 Å². The highest BCUT2D eigenvalue weighted by atomic mass is 19.1. The van der Waals surface area contributed by atoms with Gasteiger partial charge in [0.25, 0.3) is 0 Å². The Labute approximate surface area is 82.8 Å². The number of hydrogen-bond acceptors (Lipinski definition) is 2. The fourth-order valence-corrected chi connectivity index (χ4v) is 1.17. The van der Waals surface area contributed by atoms with E-state index in [1.54, 1.807) is 18.2 Å². The van der Waals surface area contributed by atoms with E-state index in [9.17, 15) is 4.39 Å². The summed E-state index contributed by atoms with van der Waals surface area (Å²) in [5, 5.41) is 0. The molecule has 1 rings (SSSR count). The van der Waals surface area contributed by atoms with Crippen molar-refractivity contribution in [3.8, 4) is 0 Å². The van der Waals surface area contributed by atoms with E-state index in [1.807, 2.05) is 6.92 Å². The molecule has 0 unspecified atom stereocenters. The van der Waals surface area contributed by atoms with Gasteiger partial charge in [-0.25, -0.2) is 10.2 Å². The number of halogens is 1. The van der Waals surface area contributed by atoms with Gasteiger partial charge in [0.15, 0.2) is 0 Å². The highest BCUT2D eigenvalue weighted by molar-refractivity contribution is 5.83. The van der Waals surface area contributed by atoms with Gasteiger partial charge in [-0.1, -0.05) is 18.2 Å². The number of aliphatic imine (C=N–C) groups is 1. The third kappa shape index (κ3) is 2.81. The van der Waals surface area contributed by atoms with E-state index in [-0.39, 0.29) is 5.82 Å². The largest absolute Gasteiger partial charge is 0.312 e. The van der Waals surface area contributed by atoms with E-state index in [4.69, 9.17) is 5.84 Å². The summed E-state index contributed by atoms with van der Waals surface area (Å²) < 4.78 is 13.2. The molecule has 0 amide bonds. The van der Waals surface area contributed by atoms with Gasteiger partial charge in [0.1, 0.15) is 11.7 Å². The first-order chi connectivity index (χ1) is 6.77. The van der Waals surface area contributed by atoms with Gasteiger partial charge >= 0.3 is 0 Å². The lowest BCUT2D eigenvalue weighted by Gasteiger charge is -2.05. The van der Waals surface area contributed by atoms with Crippen LogP contribution in [0.1, 0.15) is 12.5 Å². The summed E-state index contributed by atoms with van der Waals surface area (Å²) in [6, 6.07) is 6.59. The Bertz CT molecular complexity index is 323. The Kier molecular flexibility index (Phi) is 4.07. The van der Waals surface area contributed by atoms with Crippen LogP contribution in [-0.4, -0.2) is 12.4 Å². The van der Waals surface area contributed by atoms with Gasteiger partial charge in [-0.2, -0.15) is 0 Å². The number of nitrogens with one attached hydrogen (secondary N) is 1. The second-order valence-electron chi connectivity index (χ2n) is 2.83. The zero-order valence-corrected chi connectivity index (χ0v) is 8.13. The highest BCUT2D eigenvalue weighted by Crippen LogP contribution is 2.06. The summed E-state index contributed by atoms with van der Waals surface area (Å²) in [6.45, 7) is 2.53. The minimum Gasteiger partial charge on any atom is -0.312 e. The molecule has 0 heterocycles. The molecule has 0 aliphatic heterocycles. The van der Waals surface area contributed by atoms with Crippen molar-refractivity contribution in [3.63, 3.8) is 0 Å². The first-order valence-corrected chi connectivity index (χ1v) is 4.51. The van der Waals surface area contributed by atoms with E-state index < -0.39 is 0 Å². The van der Waals surface area contributed by atoms with E-state index in [0.29, 0.717) is 24.4 Å². The number of hydrazine groups is 1. The van der Waals surface area contributed by atoms with Crippen molar-refractivity contribution in [3.05, 3.63) is 35.6 Å². The summed E-state index contributed by atoms with van der Waals surface area (Å²) in [5.41, 5.74) is 3.06. The molecule has 3 N–H and O–H groups in total. The molecular weight excluding hydrogens is 181 g/mol. The molecule has 1 aromatic rings. The molecule has 0 aromatic heterocycles. The fourth-order valence-electron chi connectivity index (χ4n) is 1.17. The quantitative estimate of drug-likeness (QED) is 0.330. The van der Waals surface area contributed by atoms with Gasteiger partial charge in [-0.05, 0) is 18.6 Å². The number of nitrogens with zero attached hydrogens (tertiary/aromatic N) is 1. The Balaban J connectivity index is 2.77. The maximum Gasteiger partial charge on any atom is 0.126 e. The molecule has 1 aromatic carbocycles. The molecule has 3 nitrogen and oxygen atoms in total. The van der Waals surface area contributed by atoms with Crippen molar-refractivity contribution in [1.29, 1.82) is 0 Å². The highest BCUT2D eigenvalue weighted by Gasteiger charge is 2.03. The predicted molar refractivity (Wildman–Crippen MR) is 55.4 cm³/mol. The smallest absolute Gasteiger partial charge is 0.126 e. The van der Waals surface area contributed by atoms with Gasteiger partial charge in [-0.15, -0.1) is 0 Å². The summed E-state index contributed by atoms with van der Waals surface area (Å²) >= 11 is 0. The van der Waals surface area contributed by atoms with Crippen LogP contribution in [0.25, 0.3) is 0 Å². The maximum absolute atomic E-state index is 13.2. The Morgan fingerprint density at radius 2 is 2.21 bits per heavy atom. The lowest BCUT2D eigenvalue weighted by atomic mass is 10.1. The molecule has 4 heteroatoms. The van der Waals surface area contributed by atoms with Crippen molar-refractivity contribution in [2.24, 2.45) is 10.8 Å². The second kappa shape index (κ2) is 5.34.